The molecule has 2 rings (SSSR count). The zero-order valence-electron chi connectivity index (χ0n) is 16.4. The SMILES string of the molecule is CC[C@@H](CCCC(=O)NCc1cc(F)cc(C(F)(F)F)c1)NC1CCOCC1O. The molecule has 29 heavy (non-hydrogen) atoms. The molecule has 0 saturated carbocycles. The van der Waals surface area contributed by atoms with Gasteiger partial charge in [0.25, 0.3) is 0 Å². The molecule has 9 heteroatoms. The Morgan fingerprint density at radius 2 is 2.10 bits per heavy atom. The lowest BCUT2D eigenvalue weighted by atomic mass is 10.0. The van der Waals surface area contributed by atoms with Crippen LogP contribution in [0.1, 0.15) is 50.2 Å². The van der Waals surface area contributed by atoms with Crippen LogP contribution in [-0.2, 0) is 22.3 Å². The Labute approximate surface area is 167 Å². The number of ether oxygens (including phenoxy) is 1. The van der Waals surface area contributed by atoms with E-state index >= 15 is 0 Å². The highest BCUT2D eigenvalue weighted by atomic mass is 19.4. The first-order valence-electron chi connectivity index (χ1n) is 9.84. The molecule has 164 valence electrons. The van der Waals surface area contributed by atoms with E-state index in [0.29, 0.717) is 25.7 Å². The first-order valence-corrected chi connectivity index (χ1v) is 9.84. The number of hydrogen-bond acceptors (Lipinski definition) is 4. The van der Waals surface area contributed by atoms with Crippen LogP contribution in [0.3, 0.4) is 0 Å². The minimum Gasteiger partial charge on any atom is -0.389 e. The van der Waals surface area contributed by atoms with Crippen molar-refractivity contribution >= 4 is 5.91 Å². The van der Waals surface area contributed by atoms with Gasteiger partial charge in [0.05, 0.1) is 18.3 Å². The van der Waals surface area contributed by atoms with Crippen molar-refractivity contribution in [1.82, 2.24) is 10.6 Å². The van der Waals surface area contributed by atoms with Gasteiger partial charge in [-0.25, -0.2) is 4.39 Å². The van der Waals surface area contributed by atoms with Gasteiger partial charge in [-0.3, -0.25) is 4.79 Å². The predicted octanol–water partition coefficient (Wildman–Crippen LogP) is 3.15. The van der Waals surface area contributed by atoms with E-state index in [1.165, 1.54) is 0 Å². The van der Waals surface area contributed by atoms with Crippen LogP contribution in [0.5, 0.6) is 0 Å². The lowest BCUT2D eigenvalue weighted by molar-refractivity contribution is -0.137. The molecule has 1 amide bonds. The second kappa shape index (κ2) is 10.9. The summed E-state index contributed by atoms with van der Waals surface area (Å²) in [5, 5.41) is 15.9. The fraction of sp³-hybridized carbons (Fsp3) is 0.650. The van der Waals surface area contributed by atoms with Gasteiger partial charge in [0, 0.05) is 31.7 Å². The van der Waals surface area contributed by atoms with Gasteiger partial charge in [-0.1, -0.05) is 6.92 Å². The predicted molar refractivity (Wildman–Crippen MR) is 99.5 cm³/mol. The lowest BCUT2D eigenvalue weighted by Gasteiger charge is -2.32. The van der Waals surface area contributed by atoms with E-state index in [-0.39, 0.29) is 36.5 Å². The molecular weight excluding hydrogens is 392 g/mol. The number of aliphatic hydroxyl groups excluding tert-OH is 1. The maximum atomic E-state index is 13.4. The van der Waals surface area contributed by atoms with Crippen LogP contribution in [0.2, 0.25) is 0 Å². The zero-order chi connectivity index (χ0) is 21.4. The van der Waals surface area contributed by atoms with E-state index < -0.39 is 23.7 Å². The van der Waals surface area contributed by atoms with Crippen molar-refractivity contribution < 1.29 is 32.2 Å². The van der Waals surface area contributed by atoms with Crippen molar-refractivity contribution in [1.29, 1.82) is 0 Å². The summed E-state index contributed by atoms with van der Waals surface area (Å²) in [5.74, 6) is -1.29. The van der Waals surface area contributed by atoms with Gasteiger partial charge in [0.15, 0.2) is 0 Å². The molecule has 1 saturated heterocycles. The molecule has 1 heterocycles. The molecule has 0 spiro atoms. The third-order valence-electron chi connectivity index (χ3n) is 5.00. The number of hydrogen-bond donors (Lipinski definition) is 3. The second-order valence-electron chi connectivity index (χ2n) is 7.32. The van der Waals surface area contributed by atoms with Crippen LogP contribution in [0.15, 0.2) is 18.2 Å². The van der Waals surface area contributed by atoms with Crippen LogP contribution in [0.25, 0.3) is 0 Å². The molecule has 2 unspecified atom stereocenters. The summed E-state index contributed by atoms with van der Waals surface area (Å²) in [6.45, 7) is 2.77. The van der Waals surface area contributed by atoms with Crippen molar-refractivity contribution in [2.75, 3.05) is 13.2 Å². The Hall–Kier alpha value is -1.71. The minimum atomic E-state index is -4.64. The number of carbonyl (C=O) groups is 1. The van der Waals surface area contributed by atoms with E-state index in [1.54, 1.807) is 0 Å². The summed E-state index contributed by atoms with van der Waals surface area (Å²) in [6.07, 6.45) is -2.08. The van der Waals surface area contributed by atoms with Gasteiger partial charge in [0.1, 0.15) is 5.82 Å². The maximum absolute atomic E-state index is 13.4. The van der Waals surface area contributed by atoms with Crippen LogP contribution in [0, 0.1) is 5.82 Å². The summed E-state index contributed by atoms with van der Waals surface area (Å²) >= 11 is 0. The van der Waals surface area contributed by atoms with E-state index in [1.807, 2.05) is 6.92 Å². The molecule has 1 aromatic rings. The summed E-state index contributed by atoms with van der Waals surface area (Å²) in [6, 6.07) is 2.36. The first-order chi connectivity index (χ1) is 13.7. The van der Waals surface area contributed by atoms with Gasteiger partial charge in [0.2, 0.25) is 5.91 Å². The smallest absolute Gasteiger partial charge is 0.389 e. The number of benzene rings is 1. The normalized spacial score (nSPS) is 21.0. The molecule has 0 aromatic heterocycles. The van der Waals surface area contributed by atoms with Crippen molar-refractivity contribution in [2.45, 2.75) is 69.9 Å². The zero-order valence-corrected chi connectivity index (χ0v) is 16.4. The lowest BCUT2D eigenvalue weighted by Crippen LogP contribution is -2.50. The molecule has 0 aliphatic carbocycles. The quantitative estimate of drug-likeness (QED) is 0.537. The van der Waals surface area contributed by atoms with E-state index in [0.717, 1.165) is 31.4 Å². The topological polar surface area (TPSA) is 70.6 Å². The van der Waals surface area contributed by atoms with Gasteiger partial charge in [-0.15, -0.1) is 0 Å². The number of amides is 1. The third kappa shape index (κ3) is 7.91. The Morgan fingerprint density at radius 3 is 2.76 bits per heavy atom. The number of aliphatic hydroxyl groups is 1. The van der Waals surface area contributed by atoms with Crippen molar-refractivity contribution in [3.05, 3.63) is 35.1 Å². The van der Waals surface area contributed by atoms with Gasteiger partial charge in [-0.05, 0) is 49.4 Å². The Kier molecular flexibility index (Phi) is 8.85. The number of carbonyl (C=O) groups excluding carboxylic acids is 1. The van der Waals surface area contributed by atoms with Crippen LogP contribution in [0.4, 0.5) is 17.6 Å². The largest absolute Gasteiger partial charge is 0.416 e. The van der Waals surface area contributed by atoms with Crippen molar-refractivity contribution in [3.8, 4) is 0 Å². The third-order valence-corrected chi connectivity index (χ3v) is 5.00. The molecule has 1 aliphatic heterocycles. The molecule has 1 aliphatic rings. The highest BCUT2D eigenvalue weighted by Gasteiger charge is 2.31. The Balaban J connectivity index is 1.74. The van der Waals surface area contributed by atoms with E-state index in [9.17, 15) is 27.5 Å². The first kappa shape index (κ1) is 23.6. The molecular formula is C20H28F4N2O3. The molecule has 3 N–H and O–H groups in total. The average Bonchev–Trinajstić information content (AvgIpc) is 2.66. The molecule has 0 bridgehead atoms. The highest BCUT2D eigenvalue weighted by Crippen LogP contribution is 2.30. The summed E-state index contributed by atoms with van der Waals surface area (Å²) in [4.78, 5) is 12.0. The van der Waals surface area contributed by atoms with E-state index in [4.69, 9.17) is 4.74 Å². The number of halogens is 4. The summed E-state index contributed by atoms with van der Waals surface area (Å²) in [7, 11) is 0. The van der Waals surface area contributed by atoms with Crippen LogP contribution >= 0.6 is 0 Å². The molecule has 3 atom stereocenters. The number of nitrogens with one attached hydrogen (secondary N) is 2. The summed E-state index contributed by atoms with van der Waals surface area (Å²) in [5.41, 5.74) is -1.01. The number of rotatable bonds is 9. The molecule has 0 radical (unpaired) electrons. The highest BCUT2D eigenvalue weighted by molar-refractivity contribution is 5.75. The maximum Gasteiger partial charge on any atom is 0.416 e. The Morgan fingerprint density at radius 1 is 1.34 bits per heavy atom. The fourth-order valence-electron chi connectivity index (χ4n) is 3.34. The van der Waals surface area contributed by atoms with E-state index in [2.05, 4.69) is 10.6 Å². The van der Waals surface area contributed by atoms with Gasteiger partial charge >= 0.3 is 6.18 Å². The fourth-order valence-corrected chi connectivity index (χ4v) is 3.34. The monoisotopic (exact) mass is 420 g/mol. The summed E-state index contributed by atoms with van der Waals surface area (Å²) < 4.78 is 56.8. The Bertz CT molecular complexity index is 670. The molecule has 5 nitrogen and oxygen atoms in total. The number of alkyl halides is 3. The van der Waals surface area contributed by atoms with Crippen LogP contribution < -0.4 is 10.6 Å². The van der Waals surface area contributed by atoms with Crippen molar-refractivity contribution in [2.24, 2.45) is 0 Å². The minimum absolute atomic E-state index is 0.0293. The average molecular weight is 420 g/mol. The standard InChI is InChI=1S/C20H28F4N2O3/c1-2-16(26-17-6-7-29-12-18(17)27)4-3-5-19(28)25-11-13-8-14(20(22,23)24)10-15(21)9-13/h8-10,16-18,26-27H,2-7,11-12H2,1H3,(H,25,28)/t16-,17?,18?/m0/s1. The van der Waals surface area contributed by atoms with Crippen molar-refractivity contribution in [3.63, 3.8) is 0 Å². The second-order valence-corrected chi connectivity index (χ2v) is 7.32. The van der Waals surface area contributed by atoms with Crippen LogP contribution in [-0.4, -0.2) is 42.4 Å². The van der Waals surface area contributed by atoms with Gasteiger partial charge in [-0.2, -0.15) is 13.2 Å². The molecule has 1 fully saturated rings. The van der Waals surface area contributed by atoms with Gasteiger partial charge < -0.3 is 20.5 Å². The molecule has 1 aromatic carbocycles.